The van der Waals surface area contributed by atoms with Crippen LogP contribution in [0.4, 0.5) is 0 Å². The average molecular weight is 404 g/mol. The summed E-state index contributed by atoms with van der Waals surface area (Å²) in [5.74, 6) is 0.678. The van der Waals surface area contributed by atoms with Gasteiger partial charge in [0.2, 0.25) is 11.8 Å². The molecule has 2 aromatic heterocycles. The number of amides is 1. The van der Waals surface area contributed by atoms with Gasteiger partial charge in [-0.05, 0) is 47.7 Å². The van der Waals surface area contributed by atoms with Gasteiger partial charge in [-0.15, -0.1) is 21.5 Å². The Morgan fingerprint density at radius 2 is 2.21 bits per heavy atom. The lowest BCUT2D eigenvalue weighted by Gasteiger charge is -2.11. The summed E-state index contributed by atoms with van der Waals surface area (Å²) in [6, 6.07) is 7.76. The Morgan fingerprint density at radius 3 is 2.92 bits per heavy atom. The number of hydrogen-bond acceptors (Lipinski definition) is 5. The molecule has 3 aromatic rings. The van der Waals surface area contributed by atoms with Gasteiger partial charge in [-0.25, -0.2) is 0 Å². The van der Waals surface area contributed by atoms with E-state index < -0.39 is 0 Å². The van der Waals surface area contributed by atoms with E-state index in [9.17, 15) is 4.79 Å². The van der Waals surface area contributed by atoms with E-state index in [1.54, 1.807) is 0 Å². The Labute approximate surface area is 151 Å². The van der Waals surface area contributed by atoms with Crippen molar-refractivity contribution in [1.29, 1.82) is 0 Å². The number of carbonyl (C=O) groups excluding carboxylic acids is 1. The zero-order valence-electron chi connectivity index (χ0n) is 12.9. The molecule has 0 bridgehead atoms. The van der Waals surface area contributed by atoms with E-state index >= 15 is 0 Å². The molecule has 0 atom stereocenters. The number of hydrogen-bond donors (Lipinski definition) is 1. The van der Waals surface area contributed by atoms with Crippen molar-refractivity contribution in [2.45, 2.75) is 13.5 Å². The van der Waals surface area contributed by atoms with Gasteiger partial charge in [-0.1, -0.05) is 28.6 Å². The SMILES string of the molecule is C=CC(=O)NCc1c(C)cc(Br)cc1-c1nnc(-c2cccs2)o1. The third kappa shape index (κ3) is 3.47. The maximum atomic E-state index is 11.5. The van der Waals surface area contributed by atoms with Crippen LogP contribution in [0.2, 0.25) is 0 Å². The topological polar surface area (TPSA) is 68.0 Å². The average Bonchev–Trinajstić information content (AvgIpc) is 3.23. The Morgan fingerprint density at radius 1 is 1.42 bits per heavy atom. The molecule has 2 heterocycles. The fourth-order valence-electron chi connectivity index (χ4n) is 2.28. The van der Waals surface area contributed by atoms with Crippen molar-refractivity contribution in [3.05, 3.63) is 57.9 Å². The van der Waals surface area contributed by atoms with Gasteiger partial charge in [0.15, 0.2) is 0 Å². The minimum Gasteiger partial charge on any atom is -0.415 e. The van der Waals surface area contributed by atoms with E-state index in [0.717, 1.165) is 26.0 Å². The van der Waals surface area contributed by atoms with Crippen molar-refractivity contribution in [2.75, 3.05) is 0 Å². The molecule has 0 saturated carbocycles. The second-order valence-electron chi connectivity index (χ2n) is 5.06. The predicted octanol–water partition coefficient (Wildman–Crippen LogP) is 4.34. The van der Waals surface area contributed by atoms with Crippen molar-refractivity contribution < 1.29 is 9.21 Å². The van der Waals surface area contributed by atoms with Gasteiger partial charge >= 0.3 is 0 Å². The van der Waals surface area contributed by atoms with E-state index in [4.69, 9.17) is 4.42 Å². The molecule has 1 amide bonds. The highest BCUT2D eigenvalue weighted by atomic mass is 79.9. The minimum atomic E-state index is -0.229. The summed E-state index contributed by atoms with van der Waals surface area (Å²) in [4.78, 5) is 12.4. The maximum absolute atomic E-state index is 11.5. The Balaban J connectivity index is 2.00. The lowest BCUT2D eigenvalue weighted by molar-refractivity contribution is -0.116. The summed E-state index contributed by atoms with van der Waals surface area (Å²) in [6.07, 6.45) is 1.25. The second-order valence-corrected chi connectivity index (χ2v) is 6.92. The Hall–Kier alpha value is -2.25. The molecule has 0 fully saturated rings. The normalized spacial score (nSPS) is 10.6. The molecule has 3 rings (SSSR count). The summed E-state index contributed by atoms with van der Waals surface area (Å²) in [5.41, 5.74) is 2.73. The zero-order valence-corrected chi connectivity index (χ0v) is 15.3. The van der Waals surface area contributed by atoms with Gasteiger partial charge in [0.25, 0.3) is 5.89 Å². The minimum absolute atomic E-state index is 0.229. The largest absolute Gasteiger partial charge is 0.415 e. The standard InChI is InChI=1S/C17H14BrN3O2S/c1-3-15(22)19-9-13-10(2)7-11(18)8-12(13)16-20-21-17(23-16)14-5-4-6-24-14/h3-8H,1,9H2,2H3,(H,19,22). The molecule has 1 N–H and O–H groups in total. The van der Waals surface area contributed by atoms with E-state index in [2.05, 4.69) is 38.0 Å². The molecule has 1 aromatic carbocycles. The number of carbonyl (C=O) groups is 1. The first-order valence-electron chi connectivity index (χ1n) is 7.15. The predicted molar refractivity (Wildman–Crippen MR) is 97.5 cm³/mol. The molecular weight excluding hydrogens is 390 g/mol. The van der Waals surface area contributed by atoms with Crippen molar-refractivity contribution in [1.82, 2.24) is 15.5 Å². The number of benzene rings is 1. The number of nitrogens with one attached hydrogen (secondary N) is 1. The van der Waals surface area contributed by atoms with Gasteiger partial charge in [-0.3, -0.25) is 4.79 Å². The highest BCUT2D eigenvalue weighted by Crippen LogP contribution is 2.32. The fourth-order valence-corrected chi connectivity index (χ4v) is 3.49. The van der Waals surface area contributed by atoms with Crippen LogP contribution in [-0.2, 0) is 11.3 Å². The van der Waals surface area contributed by atoms with Gasteiger partial charge in [0, 0.05) is 16.6 Å². The Bertz CT molecular complexity index is 887. The molecule has 0 radical (unpaired) electrons. The van der Waals surface area contributed by atoms with Crippen molar-refractivity contribution in [2.24, 2.45) is 0 Å². The van der Waals surface area contributed by atoms with Crippen molar-refractivity contribution in [3.8, 4) is 22.2 Å². The Kier molecular flexibility index (Phi) is 4.92. The maximum Gasteiger partial charge on any atom is 0.258 e. The third-order valence-corrected chi connectivity index (χ3v) is 4.77. The number of rotatable bonds is 5. The molecule has 5 nitrogen and oxygen atoms in total. The van der Waals surface area contributed by atoms with Crippen LogP contribution in [0.15, 0.2) is 51.2 Å². The first-order valence-corrected chi connectivity index (χ1v) is 8.83. The number of nitrogens with zero attached hydrogens (tertiary/aromatic N) is 2. The van der Waals surface area contributed by atoms with Crippen molar-refractivity contribution in [3.63, 3.8) is 0 Å². The molecule has 7 heteroatoms. The lowest BCUT2D eigenvalue weighted by Crippen LogP contribution is -2.21. The first-order chi connectivity index (χ1) is 11.6. The molecule has 0 aliphatic rings. The van der Waals surface area contributed by atoms with Gasteiger partial charge in [-0.2, -0.15) is 0 Å². The third-order valence-electron chi connectivity index (χ3n) is 3.45. The smallest absolute Gasteiger partial charge is 0.258 e. The molecule has 0 saturated heterocycles. The van der Waals surface area contributed by atoms with Gasteiger partial charge < -0.3 is 9.73 Å². The number of halogens is 1. The lowest BCUT2D eigenvalue weighted by atomic mass is 10.0. The molecule has 122 valence electrons. The van der Waals surface area contributed by atoms with Crippen molar-refractivity contribution >= 4 is 33.2 Å². The molecular formula is C17H14BrN3O2S. The van der Waals surface area contributed by atoms with Crippen LogP contribution in [0, 0.1) is 6.92 Å². The first kappa shape index (κ1) is 16.6. The van der Waals surface area contributed by atoms with E-state index in [1.807, 2.05) is 36.6 Å². The van der Waals surface area contributed by atoms with E-state index in [-0.39, 0.29) is 5.91 Å². The van der Waals surface area contributed by atoms with E-state index in [1.165, 1.54) is 17.4 Å². The summed E-state index contributed by atoms with van der Waals surface area (Å²) >= 11 is 5.03. The quantitative estimate of drug-likeness (QED) is 0.643. The number of aromatic nitrogens is 2. The molecule has 0 aliphatic heterocycles. The molecule has 24 heavy (non-hydrogen) atoms. The number of aryl methyl sites for hydroxylation is 1. The van der Waals surface area contributed by atoms with Gasteiger partial charge in [0.05, 0.1) is 4.88 Å². The summed E-state index contributed by atoms with van der Waals surface area (Å²) in [5, 5.41) is 13.0. The molecule has 0 aliphatic carbocycles. The van der Waals surface area contributed by atoms with Crippen LogP contribution in [0.25, 0.3) is 22.2 Å². The molecule has 0 unspecified atom stereocenters. The molecule has 0 spiro atoms. The highest BCUT2D eigenvalue weighted by Gasteiger charge is 2.17. The van der Waals surface area contributed by atoms with Crippen LogP contribution in [0.5, 0.6) is 0 Å². The van der Waals surface area contributed by atoms with Crippen LogP contribution < -0.4 is 5.32 Å². The van der Waals surface area contributed by atoms with Crippen LogP contribution in [0.1, 0.15) is 11.1 Å². The highest BCUT2D eigenvalue weighted by molar-refractivity contribution is 9.10. The van der Waals surface area contributed by atoms with Gasteiger partial charge in [0.1, 0.15) is 0 Å². The van der Waals surface area contributed by atoms with Crippen LogP contribution >= 0.6 is 27.3 Å². The summed E-state index contributed by atoms with van der Waals surface area (Å²) in [7, 11) is 0. The number of thiophene rings is 1. The summed E-state index contributed by atoms with van der Waals surface area (Å²) in [6.45, 7) is 5.79. The fraction of sp³-hybridized carbons (Fsp3) is 0.118. The van der Waals surface area contributed by atoms with Crippen LogP contribution in [-0.4, -0.2) is 16.1 Å². The second kappa shape index (κ2) is 7.11. The van der Waals surface area contributed by atoms with Crippen LogP contribution in [0.3, 0.4) is 0 Å². The summed E-state index contributed by atoms with van der Waals surface area (Å²) < 4.78 is 6.74. The monoisotopic (exact) mass is 403 g/mol. The zero-order chi connectivity index (χ0) is 17.1. The van der Waals surface area contributed by atoms with E-state index in [0.29, 0.717) is 18.3 Å².